The third-order valence-corrected chi connectivity index (χ3v) is 5.63. The van der Waals surface area contributed by atoms with E-state index in [-0.39, 0.29) is 19.0 Å². The Morgan fingerprint density at radius 3 is 2.59 bits per heavy atom. The van der Waals surface area contributed by atoms with Gasteiger partial charge in [-0.05, 0) is 39.0 Å². The lowest BCUT2D eigenvalue weighted by Gasteiger charge is -2.20. The van der Waals surface area contributed by atoms with Crippen LogP contribution in [-0.2, 0) is 13.6 Å². The van der Waals surface area contributed by atoms with Crippen LogP contribution < -0.4 is 0 Å². The predicted molar refractivity (Wildman–Crippen MR) is 84.0 cm³/mol. The Kier molecular flexibility index (Phi) is 5.75. The molecule has 6 nitrogen and oxygen atoms in total. The molecular weight excluding hydrogens is 327 g/mol. The molecular formula is C14H18ClN2O4P. The van der Waals surface area contributed by atoms with Gasteiger partial charge >= 0.3 is 7.60 Å². The summed E-state index contributed by atoms with van der Waals surface area (Å²) in [4.78, 5) is 4.28. The van der Waals surface area contributed by atoms with Crippen molar-refractivity contribution in [3.05, 3.63) is 35.1 Å². The number of hydrogen-bond donors (Lipinski definition) is 0. The minimum absolute atomic E-state index is 0.278. The maximum atomic E-state index is 12.7. The van der Waals surface area contributed by atoms with Gasteiger partial charge in [0.05, 0.1) is 13.2 Å². The van der Waals surface area contributed by atoms with Crippen molar-refractivity contribution < 1.29 is 18.1 Å². The molecule has 0 spiro atoms. The topological polar surface area (TPSA) is 74.5 Å². The Morgan fingerprint density at radius 2 is 2.00 bits per heavy atom. The summed E-state index contributed by atoms with van der Waals surface area (Å²) in [5.74, 6) is 0.587. The second-order valence-corrected chi connectivity index (χ2v) is 7.33. The van der Waals surface area contributed by atoms with Crippen LogP contribution in [0.5, 0.6) is 0 Å². The molecule has 120 valence electrons. The first-order chi connectivity index (χ1) is 10.5. The van der Waals surface area contributed by atoms with E-state index in [0.29, 0.717) is 16.5 Å². The second kappa shape index (κ2) is 7.38. The summed E-state index contributed by atoms with van der Waals surface area (Å²) in [7, 11) is -3.33. The summed E-state index contributed by atoms with van der Waals surface area (Å²) in [6, 6.07) is 7.06. The van der Waals surface area contributed by atoms with Crippen molar-refractivity contribution in [2.75, 3.05) is 13.2 Å². The van der Waals surface area contributed by atoms with Gasteiger partial charge in [-0.25, -0.2) is 0 Å². The quantitative estimate of drug-likeness (QED) is 0.677. The third kappa shape index (κ3) is 3.76. The number of aromatic nitrogens is 2. The maximum absolute atomic E-state index is 12.7. The van der Waals surface area contributed by atoms with Gasteiger partial charge in [-0.2, -0.15) is 4.98 Å². The van der Waals surface area contributed by atoms with Crippen LogP contribution in [0.1, 0.15) is 32.3 Å². The van der Waals surface area contributed by atoms with Gasteiger partial charge in [0.2, 0.25) is 0 Å². The normalized spacial score (nSPS) is 13.3. The molecule has 1 atom stereocenters. The number of halogens is 1. The van der Waals surface area contributed by atoms with Crippen LogP contribution >= 0.6 is 19.2 Å². The van der Waals surface area contributed by atoms with E-state index in [1.54, 1.807) is 45.0 Å². The first-order valence-electron chi connectivity index (χ1n) is 6.98. The van der Waals surface area contributed by atoms with Gasteiger partial charge in [0.25, 0.3) is 5.89 Å². The first-order valence-corrected chi connectivity index (χ1v) is 8.97. The Labute approximate surface area is 134 Å². The minimum Gasteiger partial charge on any atom is -0.334 e. The van der Waals surface area contributed by atoms with Crippen molar-refractivity contribution in [3.63, 3.8) is 0 Å². The lowest BCUT2D eigenvalue weighted by Crippen LogP contribution is -2.05. The lowest BCUT2D eigenvalue weighted by molar-refractivity contribution is 0.212. The summed E-state index contributed by atoms with van der Waals surface area (Å²) < 4.78 is 28.6. The van der Waals surface area contributed by atoms with E-state index in [1.165, 1.54) is 0 Å². The molecule has 1 aromatic heterocycles. The fraction of sp³-hybridized carbons (Fsp3) is 0.429. The van der Waals surface area contributed by atoms with Gasteiger partial charge in [-0.1, -0.05) is 22.8 Å². The highest BCUT2D eigenvalue weighted by Crippen LogP contribution is 2.60. The van der Waals surface area contributed by atoms with Gasteiger partial charge in [-0.15, -0.1) is 0 Å². The van der Waals surface area contributed by atoms with E-state index in [2.05, 4.69) is 10.1 Å². The van der Waals surface area contributed by atoms with Crippen LogP contribution in [0.2, 0.25) is 5.02 Å². The summed E-state index contributed by atoms with van der Waals surface area (Å²) in [5.41, 5.74) is 0.0742. The highest BCUT2D eigenvalue weighted by atomic mass is 35.5. The largest absolute Gasteiger partial charge is 0.341 e. The van der Waals surface area contributed by atoms with Crippen LogP contribution in [0.15, 0.2) is 28.8 Å². The van der Waals surface area contributed by atoms with E-state index in [9.17, 15) is 4.57 Å². The lowest BCUT2D eigenvalue weighted by atomic mass is 10.2. The van der Waals surface area contributed by atoms with Crippen molar-refractivity contribution in [1.82, 2.24) is 10.1 Å². The average Bonchev–Trinajstić information content (AvgIpc) is 2.96. The zero-order chi connectivity index (χ0) is 16.2. The molecule has 0 aliphatic carbocycles. The van der Waals surface area contributed by atoms with Crippen LogP contribution in [0.3, 0.4) is 0 Å². The van der Waals surface area contributed by atoms with E-state index in [4.69, 9.17) is 25.2 Å². The van der Waals surface area contributed by atoms with Crippen molar-refractivity contribution in [1.29, 1.82) is 0 Å². The monoisotopic (exact) mass is 344 g/mol. The molecule has 2 aromatic rings. The van der Waals surface area contributed by atoms with Gasteiger partial charge in [0.1, 0.15) is 5.66 Å². The Hall–Kier alpha value is -1.20. The highest BCUT2D eigenvalue weighted by Gasteiger charge is 2.36. The summed E-state index contributed by atoms with van der Waals surface area (Å²) in [6.07, 6.45) is 0. The first kappa shape index (κ1) is 17.2. The number of rotatable bonds is 7. The molecule has 0 radical (unpaired) electrons. The Bertz CT molecular complexity index is 666. The minimum atomic E-state index is -3.33. The molecule has 0 amide bonds. The fourth-order valence-corrected chi connectivity index (χ4v) is 3.73. The molecule has 0 aliphatic heterocycles. The molecule has 2 rings (SSSR count). The Balaban J connectivity index is 2.28. The number of nitrogens with zero attached hydrogens (tertiary/aromatic N) is 2. The van der Waals surface area contributed by atoms with Crippen LogP contribution in [0.4, 0.5) is 0 Å². The SMILES string of the molecule is CCOP(=O)(OCC)C(C)c1noc(-c2cccc(Cl)c2)n1. The summed E-state index contributed by atoms with van der Waals surface area (Å²) in [6.45, 7) is 5.76. The van der Waals surface area contributed by atoms with Crippen molar-refractivity contribution in [2.45, 2.75) is 26.4 Å². The Morgan fingerprint density at radius 1 is 1.32 bits per heavy atom. The zero-order valence-electron chi connectivity index (χ0n) is 12.7. The van der Waals surface area contributed by atoms with Gasteiger partial charge in [0.15, 0.2) is 5.82 Å². The molecule has 8 heteroatoms. The van der Waals surface area contributed by atoms with Crippen molar-refractivity contribution >= 4 is 19.2 Å². The van der Waals surface area contributed by atoms with Crippen LogP contribution in [-0.4, -0.2) is 23.4 Å². The molecule has 0 bridgehead atoms. The maximum Gasteiger partial charge on any atom is 0.341 e. The second-order valence-electron chi connectivity index (χ2n) is 4.52. The molecule has 0 aliphatic rings. The molecule has 22 heavy (non-hydrogen) atoms. The molecule has 1 aromatic carbocycles. The summed E-state index contributed by atoms with van der Waals surface area (Å²) >= 11 is 5.94. The smallest absolute Gasteiger partial charge is 0.334 e. The number of hydrogen-bond acceptors (Lipinski definition) is 6. The van der Waals surface area contributed by atoms with Gasteiger partial charge in [0, 0.05) is 10.6 Å². The summed E-state index contributed by atoms with van der Waals surface area (Å²) in [5, 5.41) is 4.46. The molecule has 1 unspecified atom stereocenters. The van der Waals surface area contributed by atoms with Crippen molar-refractivity contribution in [3.8, 4) is 11.5 Å². The van der Waals surface area contributed by atoms with Gasteiger partial charge < -0.3 is 13.6 Å². The van der Waals surface area contributed by atoms with Crippen LogP contribution in [0.25, 0.3) is 11.5 Å². The average molecular weight is 345 g/mol. The zero-order valence-corrected chi connectivity index (χ0v) is 14.3. The molecule has 0 saturated carbocycles. The van der Waals surface area contributed by atoms with E-state index < -0.39 is 13.3 Å². The van der Waals surface area contributed by atoms with Crippen LogP contribution in [0, 0.1) is 0 Å². The van der Waals surface area contributed by atoms with E-state index in [0.717, 1.165) is 0 Å². The van der Waals surface area contributed by atoms with Crippen molar-refractivity contribution in [2.24, 2.45) is 0 Å². The molecule has 0 fully saturated rings. The standard InChI is InChI=1S/C14H18ClN2O4P/c1-4-19-22(18,20-5-2)10(3)13-16-14(21-17-13)11-7-6-8-12(15)9-11/h6-10H,4-5H2,1-3H3. The van der Waals surface area contributed by atoms with Gasteiger partial charge in [-0.3, -0.25) is 4.57 Å². The fourth-order valence-electron chi connectivity index (χ4n) is 1.91. The molecule has 1 heterocycles. The van der Waals surface area contributed by atoms with E-state index >= 15 is 0 Å². The van der Waals surface area contributed by atoms with E-state index in [1.807, 2.05) is 0 Å². The highest BCUT2D eigenvalue weighted by molar-refractivity contribution is 7.54. The predicted octanol–water partition coefficient (Wildman–Crippen LogP) is 4.72. The molecule has 0 saturated heterocycles. The third-order valence-electron chi connectivity index (χ3n) is 2.98. The number of benzene rings is 1. The molecule has 0 N–H and O–H groups in total.